The predicted octanol–water partition coefficient (Wildman–Crippen LogP) is 1.86. The van der Waals surface area contributed by atoms with E-state index in [-0.39, 0.29) is 5.91 Å². The summed E-state index contributed by atoms with van der Waals surface area (Å²) < 4.78 is 17.7. The van der Waals surface area contributed by atoms with E-state index in [1.807, 2.05) is 17.7 Å². The lowest BCUT2D eigenvalue weighted by atomic mass is 10.1. The average molecular weight is 319 g/mol. The number of nitrogens with one attached hydrogen (secondary N) is 1. The maximum Gasteiger partial charge on any atom is 0.255 e. The van der Waals surface area contributed by atoms with Crippen LogP contribution in [0.25, 0.3) is 0 Å². The molecule has 0 atom stereocenters. The molecule has 124 valence electrons. The van der Waals surface area contributed by atoms with E-state index in [9.17, 15) is 4.79 Å². The van der Waals surface area contributed by atoms with E-state index in [0.29, 0.717) is 29.4 Å². The minimum Gasteiger partial charge on any atom is -0.493 e. The van der Waals surface area contributed by atoms with Gasteiger partial charge in [0.15, 0.2) is 11.5 Å². The van der Waals surface area contributed by atoms with E-state index in [0.717, 1.165) is 12.2 Å². The van der Waals surface area contributed by atoms with Gasteiger partial charge in [0.2, 0.25) is 5.75 Å². The van der Waals surface area contributed by atoms with Crippen LogP contribution in [0.4, 0.5) is 0 Å². The van der Waals surface area contributed by atoms with Gasteiger partial charge in [0.25, 0.3) is 5.91 Å². The van der Waals surface area contributed by atoms with Crippen molar-refractivity contribution in [2.75, 3.05) is 21.3 Å². The number of aryl methyl sites for hydroxylation is 1. The summed E-state index contributed by atoms with van der Waals surface area (Å²) in [4.78, 5) is 12.5. The van der Waals surface area contributed by atoms with Gasteiger partial charge in [-0.15, -0.1) is 0 Å². The summed E-state index contributed by atoms with van der Waals surface area (Å²) >= 11 is 0. The maximum absolute atomic E-state index is 12.5. The molecule has 0 bridgehead atoms. The van der Waals surface area contributed by atoms with Crippen molar-refractivity contribution in [2.45, 2.75) is 20.0 Å². The quantitative estimate of drug-likeness (QED) is 0.843. The number of aromatic nitrogens is 2. The van der Waals surface area contributed by atoms with Crippen LogP contribution >= 0.6 is 0 Å². The summed E-state index contributed by atoms with van der Waals surface area (Å²) in [6, 6.07) is 5.19. The van der Waals surface area contributed by atoms with Crippen LogP contribution in [-0.2, 0) is 13.1 Å². The molecule has 0 aliphatic heterocycles. The van der Waals surface area contributed by atoms with Crippen LogP contribution in [0.2, 0.25) is 0 Å². The van der Waals surface area contributed by atoms with Gasteiger partial charge in [0, 0.05) is 12.7 Å². The standard InChI is InChI=1S/C16H21N3O4/c1-5-19-11(8-9-18-19)10-17-16(20)12-6-7-13(21-2)15(23-4)14(12)22-3/h6-9H,5,10H2,1-4H3,(H,17,20). The average Bonchev–Trinajstić information content (AvgIpc) is 3.05. The number of benzene rings is 1. The van der Waals surface area contributed by atoms with Gasteiger partial charge in [-0.3, -0.25) is 9.48 Å². The zero-order valence-corrected chi connectivity index (χ0v) is 13.8. The molecule has 1 aromatic heterocycles. The molecule has 0 fully saturated rings. The van der Waals surface area contributed by atoms with Gasteiger partial charge in [-0.05, 0) is 25.1 Å². The Bertz CT molecular complexity index is 682. The fourth-order valence-electron chi connectivity index (χ4n) is 2.34. The number of rotatable bonds is 7. The highest BCUT2D eigenvalue weighted by Crippen LogP contribution is 2.39. The first kappa shape index (κ1) is 16.7. The lowest BCUT2D eigenvalue weighted by Crippen LogP contribution is -2.25. The second-order valence-corrected chi connectivity index (χ2v) is 4.70. The first-order chi connectivity index (χ1) is 11.2. The molecular weight excluding hydrogens is 298 g/mol. The normalized spacial score (nSPS) is 10.3. The summed E-state index contributed by atoms with van der Waals surface area (Å²) in [5.41, 5.74) is 1.31. The molecule has 1 N–H and O–H groups in total. The monoisotopic (exact) mass is 319 g/mol. The fraction of sp³-hybridized carbons (Fsp3) is 0.375. The highest BCUT2D eigenvalue weighted by atomic mass is 16.5. The highest BCUT2D eigenvalue weighted by Gasteiger charge is 2.20. The van der Waals surface area contributed by atoms with Gasteiger partial charge in [-0.25, -0.2) is 0 Å². The fourth-order valence-corrected chi connectivity index (χ4v) is 2.34. The molecular formula is C16H21N3O4. The van der Waals surface area contributed by atoms with E-state index in [4.69, 9.17) is 14.2 Å². The molecule has 1 amide bonds. The molecule has 0 saturated carbocycles. The Labute approximate surface area is 135 Å². The third-order valence-electron chi connectivity index (χ3n) is 3.48. The van der Waals surface area contributed by atoms with Crippen molar-refractivity contribution in [1.82, 2.24) is 15.1 Å². The second-order valence-electron chi connectivity index (χ2n) is 4.70. The Morgan fingerprint density at radius 2 is 1.87 bits per heavy atom. The van der Waals surface area contributed by atoms with Crippen molar-refractivity contribution in [1.29, 1.82) is 0 Å². The SMILES string of the molecule is CCn1nccc1CNC(=O)c1ccc(OC)c(OC)c1OC. The molecule has 2 rings (SSSR count). The number of carbonyl (C=O) groups excluding carboxylic acids is 1. The summed E-state index contributed by atoms with van der Waals surface area (Å²) in [7, 11) is 4.52. The van der Waals surface area contributed by atoms with Crippen LogP contribution in [0.15, 0.2) is 24.4 Å². The number of hydrogen-bond donors (Lipinski definition) is 1. The molecule has 23 heavy (non-hydrogen) atoms. The Kier molecular flexibility index (Phi) is 5.46. The topological polar surface area (TPSA) is 74.6 Å². The van der Waals surface area contributed by atoms with Crippen LogP contribution in [0, 0.1) is 0 Å². The van der Waals surface area contributed by atoms with Crippen LogP contribution in [0.1, 0.15) is 23.0 Å². The second kappa shape index (κ2) is 7.53. The molecule has 0 saturated heterocycles. The van der Waals surface area contributed by atoms with Crippen molar-refractivity contribution in [3.8, 4) is 17.2 Å². The lowest BCUT2D eigenvalue weighted by Gasteiger charge is -2.15. The lowest BCUT2D eigenvalue weighted by molar-refractivity contribution is 0.0946. The minimum absolute atomic E-state index is 0.258. The molecule has 0 unspecified atom stereocenters. The zero-order valence-electron chi connectivity index (χ0n) is 13.8. The first-order valence-corrected chi connectivity index (χ1v) is 7.24. The number of hydrogen-bond acceptors (Lipinski definition) is 5. The van der Waals surface area contributed by atoms with Crippen molar-refractivity contribution >= 4 is 5.91 Å². The number of amides is 1. The van der Waals surface area contributed by atoms with E-state index in [1.165, 1.54) is 21.3 Å². The molecule has 0 aliphatic carbocycles. The summed E-state index contributed by atoms with van der Waals surface area (Å²) in [6.45, 7) is 3.12. The number of ether oxygens (including phenoxy) is 3. The van der Waals surface area contributed by atoms with Gasteiger partial charge < -0.3 is 19.5 Å². The maximum atomic E-state index is 12.5. The smallest absolute Gasteiger partial charge is 0.255 e. The van der Waals surface area contributed by atoms with E-state index in [2.05, 4.69) is 10.4 Å². The van der Waals surface area contributed by atoms with E-state index in [1.54, 1.807) is 18.3 Å². The number of methoxy groups -OCH3 is 3. The highest BCUT2D eigenvalue weighted by molar-refractivity contribution is 5.98. The molecule has 1 aromatic carbocycles. The Morgan fingerprint density at radius 1 is 1.13 bits per heavy atom. The first-order valence-electron chi connectivity index (χ1n) is 7.24. The summed E-state index contributed by atoms with van der Waals surface area (Å²) in [6.07, 6.45) is 1.71. The Balaban J connectivity index is 2.22. The Hall–Kier alpha value is -2.70. The van der Waals surface area contributed by atoms with Crippen LogP contribution in [0.3, 0.4) is 0 Å². The van der Waals surface area contributed by atoms with Crippen LogP contribution < -0.4 is 19.5 Å². The third kappa shape index (κ3) is 3.39. The zero-order chi connectivity index (χ0) is 16.8. The molecule has 7 nitrogen and oxygen atoms in total. The molecule has 7 heteroatoms. The largest absolute Gasteiger partial charge is 0.493 e. The molecule has 2 aromatic rings. The molecule has 0 radical (unpaired) electrons. The van der Waals surface area contributed by atoms with Gasteiger partial charge in [0.05, 0.1) is 39.1 Å². The van der Waals surface area contributed by atoms with Crippen molar-refractivity contribution < 1.29 is 19.0 Å². The van der Waals surface area contributed by atoms with E-state index < -0.39 is 0 Å². The molecule has 0 aliphatic rings. The minimum atomic E-state index is -0.258. The predicted molar refractivity (Wildman–Crippen MR) is 85.2 cm³/mol. The summed E-state index contributed by atoms with van der Waals surface area (Å²) in [5.74, 6) is 0.978. The Morgan fingerprint density at radius 3 is 2.48 bits per heavy atom. The van der Waals surface area contributed by atoms with Gasteiger partial charge in [-0.2, -0.15) is 5.10 Å². The van der Waals surface area contributed by atoms with Crippen molar-refractivity contribution in [2.24, 2.45) is 0 Å². The van der Waals surface area contributed by atoms with Crippen molar-refractivity contribution in [3.05, 3.63) is 35.7 Å². The van der Waals surface area contributed by atoms with Gasteiger partial charge in [-0.1, -0.05) is 0 Å². The van der Waals surface area contributed by atoms with Crippen LogP contribution in [-0.4, -0.2) is 37.0 Å². The van der Waals surface area contributed by atoms with E-state index >= 15 is 0 Å². The third-order valence-corrected chi connectivity index (χ3v) is 3.48. The summed E-state index contributed by atoms with van der Waals surface area (Å²) in [5, 5.41) is 7.04. The number of carbonyl (C=O) groups is 1. The van der Waals surface area contributed by atoms with Gasteiger partial charge >= 0.3 is 0 Å². The van der Waals surface area contributed by atoms with Crippen molar-refractivity contribution in [3.63, 3.8) is 0 Å². The molecule has 1 heterocycles. The molecule has 0 spiro atoms. The van der Waals surface area contributed by atoms with Gasteiger partial charge in [0.1, 0.15) is 0 Å². The number of nitrogens with zero attached hydrogens (tertiary/aromatic N) is 2. The van der Waals surface area contributed by atoms with Crippen LogP contribution in [0.5, 0.6) is 17.2 Å².